The normalized spacial score (nSPS) is 12.0. The molecule has 0 atom stereocenters. The fourth-order valence-electron chi connectivity index (χ4n) is 2.87. The second-order valence-corrected chi connectivity index (χ2v) is 7.28. The van der Waals surface area contributed by atoms with Gasteiger partial charge in [0.1, 0.15) is 12.4 Å². The van der Waals surface area contributed by atoms with Gasteiger partial charge in [0.25, 0.3) is 0 Å². The molecule has 0 aliphatic heterocycles. The summed E-state index contributed by atoms with van der Waals surface area (Å²) >= 11 is 0. The zero-order valence-electron chi connectivity index (χ0n) is 18.5. The number of ether oxygens (including phenoxy) is 1. The van der Waals surface area contributed by atoms with E-state index in [0.29, 0.717) is 6.42 Å². The molecule has 0 aliphatic rings. The number of phenols is 1. The molecule has 0 fully saturated rings. The number of rotatable bonds is 16. The molecule has 1 N–H and O–H groups in total. The van der Waals surface area contributed by atoms with E-state index in [-0.39, 0.29) is 18.3 Å². The molecule has 0 radical (unpaired) electrons. The van der Waals surface area contributed by atoms with Crippen LogP contribution in [0.1, 0.15) is 76.7 Å². The molecule has 0 spiro atoms. The fourth-order valence-corrected chi connectivity index (χ4v) is 2.87. The number of carbonyl (C=O) groups is 1. The Bertz CT molecular complexity index is 666. The van der Waals surface area contributed by atoms with Crippen molar-refractivity contribution in [3.8, 4) is 5.75 Å². The first kappa shape index (κ1) is 25.5. The molecule has 0 aromatic heterocycles. The maximum atomic E-state index is 11.7. The molecule has 3 nitrogen and oxygen atoms in total. The van der Waals surface area contributed by atoms with Gasteiger partial charge in [0.05, 0.1) is 0 Å². The van der Waals surface area contributed by atoms with E-state index in [1.807, 2.05) is 24.3 Å². The maximum Gasteiger partial charge on any atom is 0.306 e. The van der Waals surface area contributed by atoms with Gasteiger partial charge in [-0.15, -0.1) is 0 Å². The van der Waals surface area contributed by atoms with Crippen molar-refractivity contribution in [1.82, 2.24) is 0 Å². The Balaban J connectivity index is 1.91. The summed E-state index contributed by atoms with van der Waals surface area (Å²) in [4.78, 5) is 11.7. The van der Waals surface area contributed by atoms with Crippen LogP contribution < -0.4 is 0 Å². The summed E-state index contributed by atoms with van der Waals surface area (Å²) in [5.41, 5.74) is 0.968. The number of carbonyl (C=O) groups excluding carboxylic acids is 1. The minimum Gasteiger partial charge on any atom is -0.508 e. The Kier molecular flexibility index (Phi) is 15.7. The molecule has 0 unspecified atom stereocenters. The number of hydrogen-bond acceptors (Lipinski definition) is 3. The van der Waals surface area contributed by atoms with Crippen LogP contribution in [0.4, 0.5) is 0 Å². The molecule has 1 aromatic rings. The monoisotopic (exact) mass is 410 g/mol. The molecule has 0 bridgehead atoms. The van der Waals surface area contributed by atoms with Gasteiger partial charge in [-0.3, -0.25) is 4.79 Å². The summed E-state index contributed by atoms with van der Waals surface area (Å²) in [6.07, 6.45) is 27.4. The van der Waals surface area contributed by atoms with E-state index in [0.717, 1.165) is 44.1 Å². The van der Waals surface area contributed by atoms with E-state index in [4.69, 9.17) is 4.74 Å². The van der Waals surface area contributed by atoms with Crippen molar-refractivity contribution in [2.24, 2.45) is 0 Å². The number of hydrogen-bond donors (Lipinski definition) is 1. The highest BCUT2D eigenvalue weighted by Crippen LogP contribution is 2.11. The van der Waals surface area contributed by atoms with E-state index >= 15 is 0 Å². The first-order valence-corrected chi connectivity index (χ1v) is 11.3. The van der Waals surface area contributed by atoms with E-state index in [2.05, 4.69) is 43.4 Å². The summed E-state index contributed by atoms with van der Waals surface area (Å²) in [5, 5.41) is 9.23. The summed E-state index contributed by atoms with van der Waals surface area (Å²) < 4.78 is 5.21. The number of unbranched alkanes of at least 4 members (excludes halogenated alkanes) is 5. The highest BCUT2D eigenvalue weighted by atomic mass is 16.5. The van der Waals surface area contributed by atoms with Crippen LogP contribution in [0.2, 0.25) is 0 Å². The molecule has 0 heterocycles. The molecule has 0 aliphatic carbocycles. The topological polar surface area (TPSA) is 46.5 Å². The number of benzene rings is 1. The number of phenolic OH excluding ortho intramolecular Hbond substituents is 1. The van der Waals surface area contributed by atoms with Gasteiger partial charge in [0, 0.05) is 6.42 Å². The molecule has 0 saturated carbocycles. The van der Waals surface area contributed by atoms with Crippen molar-refractivity contribution in [2.75, 3.05) is 6.61 Å². The lowest BCUT2D eigenvalue weighted by Gasteiger charge is -2.02. The predicted molar refractivity (Wildman–Crippen MR) is 127 cm³/mol. The second kappa shape index (κ2) is 18.5. The number of aromatic hydroxyl groups is 1. The van der Waals surface area contributed by atoms with E-state index in [1.54, 1.807) is 12.1 Å². The van der Waals surface area contributed by atoms with Gasteiger partial charge in [0.2, 0.25) is 0 Å². The number of esters is 1. The molecule has 3 heteroatoms. The van der Waals surface area contributed by atoms with Crippen molar-refractivity contribution in [2.45, 2.75) is 71.1 Å². The molecule has 164 valence electrons. The van der Waals surface area contributed by atoms with Gasteiger partial charge < -0.3 is 9.84 Å². The lowest BCUT2D eigenvalue weighted by molar-refractivity contribution is -0.142. The van der Waals surface area contributed by atoms with Crippen LogP contribution in [0, 0.1) is 0 Å². The van der Waals surface area contributed by atoms with Crippen LogP contribution in [0.15, 0.2) is 66.8 Å². The molecular formula is C27H38O3. The Morgan fingerprint density at radius 1 is 0.833 bits per heavy atom. The molecule has 0 saturated heterocycles. The van der Waals surface area contributed by atoms with Crippen LogP contribution in [-0.2, 0) is 9.53 Å². The van der Waals surface area contributed by atoms with Gasteiger partial charge in [-0.05, 0) is 62.3 Å². The zero-order chi connectivity index (χ0) is 21.7. The van der Waals surface area contributed by atoms with Crippen LogP contribution in [-0.4, -0.2) is 17.7 Å². The number of allylic oxidation sites excluding steroid dienone is 6. The largest absolute Gasteiger partial charge is 0.508 e. The zero-order valence-corrected chi connectivity index (χ0v) is 18.5. The highest BCUT2D eigenvalue weighted by Gasteiger charge is 2.01. The Labute approximate surface area is 182 Å². The Hall–Kier alpha value is -2.55. The van der Waals surface area contributed by atoms with Gasteiger partial charge >= 0.3 is 5.97 Å². The lowest BCUT2D eigenvalue weighted by atomic mass is 10.1. The molecule has 0 amide bonds. The van der Waals surface area contributed by atoms with Crippen LogP contribution in [0.5, 0.6) is 5.75 Å². The molecule has 1 aromatic carbocycles. The third kappa shape index (κ3) is 15.4. The van der Waals surface area contributed by atoms with Crippen molar-refractivity contribution in [1.29, 1.82) is 0 Å². The average molecular weight is 411 g/mol. The highest BCUT2D eigenvalue weighted by molar-refractivity contribution is 5.69. The SMILES string of the molecule is CCC=CCC=CCC=CCCCCCCCC(=O)OCC=Cc1ccc(O)cc1. The lowest BCUT2D eigenvalue weighted by Crippen LogP contribution is -2.03. The first-order valence-electron chi connectivity index (χ1n) is 11.3. The Morgan fingerprint density at radius 2 is 1.47 bits per heavy atom. The van der Waals surface area contributed by atoms with E-state index in [9.17, 15) is 9.90 Å². The quantitative estimate of drug-likeness (QED) is 0.174. The second-order valence-electron chi connectivity index (χ2n) is 7.28. The van der Waals surface area contributed by atoms with Crippen molar-refractivity contribution in [3.05, 3.63) is 72.4 Å². The van der Waals surface area contributed by atoms with Gasteiger partial charge in [-0.25, -0.2) is 0 Å². The summed E-state index contributed by atoms with van der Waals surface area (Å²) in [5.74, 6) is 0.112. The predicted octanol–water partition coefficient (Wildman–Crippen LogP) is 7.54. The van der Waals surface area contributed by atoms with E-state index in [1.165, 1.54) is 19.3 Å². The summed E-state index contributed by atoms with van der Waals surface area (Å²) in [7, 11) is 0. The molecule has 1 rings (SSSR count). The van der Waals surface area contributed by atoms with Gasteiger partial charge in [-0.2, -0.15) is 0 Å². The van der Waals surface area contributed by atoms with Gasteiger partial charge in [-0.1, -0.05) is 80.9 Å². The minimum absolute atomic E-state index is 0.133. The van der Waals surface area contributed by atoms with Crippen molar-refractivity contribution in [3.63, 3.8) is 0 Å². The third-order valence-corrected chi connectivity index (χ3v) is 4.58. The smallest absolute Gasteiger partial charge is 0.306 e. The van der Waals surface area contributed by atoms with E-state index < -0.39 is 0 Å². The average Bonchev–Trinajstić information content (AvgIpc) is 2.75. The van der Waals surface area contributed by atoms with Gasteiger partial charge in [0.15, 0.2) is 0 Å². The van der Waals surface area contributed by atoms with Crippen LogP contribution >= 0.6 is 0 Å². The van der Waals surface area contributed by atoms with Crippen molar-refractivity contribution >= 4 is 12.0 Å². The first-order chi connectivity index (χ1) is 14.7. The maximum absolute atomic E-state index is 11.7. The Morgan fingerprint density at radius 3 is 2.20 bits per heavy atom. The fraction of sp³-hybridized carbons (Fsp3) is 0.444. The third-order valence-electron chi connectivity index (χ3n) is 4.58. The minimum atomic E-state index is -0.133. The summed E-state index contributed by atoms with van der Waals surface area (Å²) in [6, 6.07) is 6.89. The molecule has 30 heavy (non-hydrogen) atoms. The summed E-state index contributed by atoms with van der Waals surface area (Å²) in [6.45, 7) is 2.44. The standard InChI is InChI=1S/C27H38O3/c1-2-3-4-5-6-7-8-9-10-11-12-13-14-15-16-19-27(29)30-24-17-18-25-20-22-26(28)23-21-25/h3-4,6-7,9-10,17-18,20-23,28H,2,5,8,11-16,19,24H2,1H3. The molecular weight excluding hydrogens is 372 g/mol. The van der Waals surface area contributed by atoms with Crippen molar-refractivity contribution < 1.29 is 14.6 Å². The van der Waals surface area contributed by atoms with Crippen LogP contribution in [0.3, 0.4) is 0 Å². The van der Waals surface area contributed by atoms with Crippen LogP contribution in [0.25, 0.3) is 6.08 Å².